The van der Waals surface area contributed by atoms with Crippen LogP contribution in [0.3, 0.4) is 0 Å². The van der Waals surface area contributed by atoms with Gasteiger partial charge in [-0.05, 0) is 38.3 Å². The van der Waals surface area contributed by atoms with E-state index in [4.69, 9.17) is 0 Å². The third kappa shape index (κ3) is 3.22. The van der Waals surface area contributed by atoms with Crippen molar-refractivity contribution in [1.82, 2.24) is 28.1 Å². The Morgan fingerprint density at radius 2 is 1.75 bits per heavy atom. The number of rotatable bonds is 7. The van der Waals surface area contributed by atoms with Crippen molar-refractivity contribution in [2.45, 2.75) is 59.7 Å². The predicted octanol–water partition coefficient (Wildman–Crippen LogP) is 1.50. The first-order valence-electron chi connectivity index (χ1n) is 10.8. The number of aryl methyl sites for hydroxylation is 1. The monoisotopic (exact) mass is 438 g/mol. The van der Waals surface area contributed by atoms with E-state index in [0.29, 0.717) is 12.8 Å². The Morgan fingerprint density at radius 3 is 2.38 bits per heavy atom. The molecule has 4 aromatic rings. The van der Waals surface area contributed by atoms with Crippen LogP contribution in [0.4, 0.5) is 0 Å². The summed E-state index contributed by atoms with van der Waals surface area (Å²) in [7, 11) is 0. The third-order valence-corrected chi connectivity index (χ3v) is 5.71. The molecule has 0 saturated heterocycles. The fourth-order valence-corrected chi connectivity index (χ4v) is 4.05. The van der Waals surface area contributed by atoms with Crippen molar-refractivity contribution in [3.8, 4) is 5.88 Å². The highest BCUT2D eigenvalue weighted by molar-refractivity contribution is 5.76. The Kier molecular flexibility index (Phi) is 5.68. The fourth-order valence-electron chi connectivity index (χ4n) is 4.05. The molecule has 0 amide bonds. The summed E-state index contributed by atoms with van der Waals surface area (Å²) >= 11 is 0. The van der Waals surface area contributed by atoms with Crippen LogP contribution in [0.25, 0.3) is 16.9 Å². The second kappa shape index (κ2) is 8.45. The van der Waals surface area contributed by atoms with Gasteiger partial charge >= 0.3 is 5.69 Å². The molecule has 0 aliphatic heterocycles. The maximum atomic E-state index is 13.4. The van der Waals surface area contributed by atoms with E-state index in [1.165, 1.54) is 13.5 Å². The number of hydrogen-bond acceptors (Lipinski definition) is 6. The van der Waals surface area contributed by atoms with Crippen LogP contribution in [-0.4, -0.2) is 33.2 Å². The topological polar surface area (TPSA) is 116 Å². The lowest BCUT2D eigenvalue weighted by atomic mass is 10.1. The fraction of sp³-hybridized carbons (Fsp3) is 0.409. The molecule has 0 aliphatic rings. The normalized spacial score (nSPS) is 11.6. The Balaban J connectivity index is 2.19. The van der Waals surface area contributed by atoms with E-state index in [9.17, 15) is 19.5 Å². The molecule has 0 saturated carbocycles. The van der Waals surface area contributed by atoms with Crippen molar-refractivity contribution in [3.05, 3.63) is 66.8 Å². The standard InChI is InChI=1S/C22H26N6O4/c1-4-7-10-15-18(29)27(13-14-9-8-11-23-12-14)21-24-17-16(28(21)19(15)30)20(31)26(6-3)22(32)25(17)5-2/h8-9,11-12,30H,4-7,10,13H2,1-3H3. The third-order valence-electron chi connectivity index (χ3n) is 5.71. The van der Waals surface area contributed by atoms with E-state index in [1.54, 1.807) is 32.3 Å². The summed E-state index contributed by atoms with van der Waals surface area (Å²) < 4.78 is 5.25. The Morgan fingerprint density at radius 1 is 1.00 bits per heavy atom. The molecule has 0 bridgehead atoms. The summed E-state index contributed by atoms with van der Waals surface area (Å²) in [6.45, 7) is 6.12. The van der Waals surface area contributed by atoms with Crippen LogP contribution in [-0.2, 0) is 26.1 Å². The lowest BCUT2D eigenvalue weighted by molar-refractivity contribution is 0.432. The number of aromatic nitrogens is 6. The lowest BCUT2D eigenvalue weighted by Gasteiger charge is -2.13. The van der Waals surface area contributed by atoms with Gasteiger partial charge in [-0.1, -0.05) is 19.4 Å². The van der Waals surface area contributed by atoms with Gasteiger partial charge in [-0.25, -0.2) is 9.20 Å². The molecule has 10 heteroatoms. The van der Waals surface area contributed by atoms with Gasteiger partial charge in [0.05, 0.1) is 12.1 Å². The second-order valence-corrected chi connectivity index (χ2v) is 7.65. The van der Waals surface area contributed by atoms with Crippen LogP contribution in [0, 0.1) is 0 Å². The molecule has 0 unspecified atom stereocenters. The number of pyridine rings is 1. The van der Waals surface area contributed by atoms with Crippen LogP contribution < -0.4 is 16.8 Å². The number of nitrogens with zero attached hydrogens (tertiary/aromatic N) is 6. The molecule has 0 radical (unpaired) electrons. The molecule has 4 aromatic heterocycles. The Hall–Kier alpha value is -3.69. The molecule has 0 atom stereocenters. The van der Waals surface area contributed by atoms with E-state index in [0.717, 1.165) is 16.6 Å². The number of aromatic hydroxyl groups is 1. The van der Waals surface area contributed by atoms with Gasteiger partial charge in [0.2, 0.25) is 11.7 Å². The average molecular weight is 438 g/mol. The van der Waals surface area contributed by atoms with Gasteiger partial charge < -0.3 is 5.11 Å². The molecule has 32 heavy (non-hydrogen) atoms. The summed E-state index contributed by atoms with van der Waals surface area (Å²) in [6, 6.07) is 3.61. The van der Waals surface area contributed by atoms with Crippen LogP contribution in [0.1, 0.15) is 44.7 Å². The van der Waals surface area contributed by atoms with E-state index >= 15 is 0 Å². The van der Waals surface area contributed by atoms with Crippen molar-refractivity contribution < 1.29 is 5.11 Å². The van der Waals surface area contributed by atoms with Crippen LogP contribution in [0.5, 0.6) is 5.88 Å². The lowest BCUT2D eigenvalue weighted by Crippen LogP contribution is -2.39. The molecule has 168 valence electrons. The number of fused-ring (bicyclic) bond motifs is 3. The minimum atomic E-state index is -0.548. The maximum absolute atomic E-state index is 13.4. The molecular formula is C22H26N6O4. The highest BCUT2D eigenvalue weighted by Crippen LogP contribution is 2.23. The molecule has 1 N–H and O–H groups in total. The van der Waals surface area contributed by atoms with Crippen molar-refractivity contribution >= 4 is 16.9 Å². The minimum absolute atomic E-state index is 0.0819. The van der Waals surface area contributed by atoms with Gasteiger partial charge in [-0.2, -0.15) is 4.98 Å². The molecular weight excluding hydrogens is 412 g/mol. The largest absolute Gasteiger partial charge is 0.494 e. The van der Waals surface area contributed by atoms with Gasteiger partial charge in [0.1, 0.15) is 0 Å². The quantitative estimate of drug-likeness (QED) is 0.467. The highest BCUT2D eigenvalue weighted by Gasteiger charge is 2.25. The van der Waals surface area contributed by atoms with E-state index in [2.05, 4.69) is 9.97 Å². The molecule has 0 spiro atoms. The summed E-state index contributed by atoms with van der Waals surface area (Å²) in [4.78, 5) is 48.1. The predicted molar refractivity (Wildman–Crippen MR) is 120 cm³/mol. The second-order valence-electron chi connectivity index (χ2n) is 7.65. The summed E-state index contributed by atoms with van der Waals surface area (Å²) in [5.74, 6) is -0.191. The first-order valence-corrected chi connectivity index (χ1v) is 10.8. The molecule has 4 rings (SSSR count). The summed E-state index contributed by atoms with van der Waals surface area (Å²) in [5.41, 5.74) is -0.165. The zero-order valence-electron chi connectivity index (χ0n) is 18.4. The van der Waals surface area contributed by atoms with Gasteiger partial charge in [0, 0.05) is 25.5 Å². The van der Waals surface area contributed by atoms with E-state index in [1.807, 2.05) is 13.0 Å². The van der Waals surface area contributed by atoms with Gasteiger partial charge in [0.25, 0.3) is 11.1 Å². The number of hydrogen-bond donors (Lipinski definition) is 1. The summed E-state index contributed by atoms with van der Waals surface area (Å²) in [5, 5.41) is 11.1. The van der Waals surface area contributed by atoms with Crippen molar-refractivity contribution in [2.75, 3.05) is 0 Å². The SMILES string of the molecule is CCCCc1c(O)n2c3c(=O)n(CC)c(=O)n(CC)c3nc2n(Cc2cccnc2)c1=O. The molecule has 0 fully saturated rings. The zero-order valence-corrected chi connectivity index (χ0v) is 18.4. The Bertz CT molecular complexity index is 1480. The zero-order chi connectivity index (χ0) is 23.0. The molecule has 4 heterocycles. The number of unbranched alkanes of at least 4 members (excludes halogenated alkanes) is 1. The average Bonchev–Trinajstić information content (AvgIpc) is 3.19. The molecule has 0 aromatic carbocycles. The van der Waals surface area contributed by atoms with Crippen molar-refractivity contribution in [1.29, 1.82) is 0 Å². The first-order chi connectivity index (χ1) is 15.4. The number of imidazole rings is 1. The molecule has 10 nitrogen and oxygen atoms in total. The highest BCUT2D eigenvalue weighted by atomic mass is 16.3. The van der Waals surface area contributed by atoms with E-state index < -0.39 is 11.2 Å². The van der Waals surface area contributed by atoms with Crippen molar-refractivity contribution in [3.63, 3.8) is 0 Å². The summed E-state index contributed by atoms with van der Waals surface area (Å²) in [6.07, 6.45) is 5.19. The Labute approximate surface area is 183 Å². The minimum Gasteiger partial charge on any atom is -0.494 e. The van der Waals surface area contributed by atoms with Crippen molar-refractivity contribution in [2.24, 2.45) is 0 Å². The van der Waals surface area contributed by atoms with Crippen LogP contribution in [0.15, 0.2) is 38.9 Å². The van der Waals surface area contributed by atoms with E-state index in [-0.39, 0.29) is 53.6 Å². The first kappa shape index (κ1) is 21.5. The van der Waals surface area contributed by atoms with Crippen LogP contribution in [0.2, 0.25) is 0 Å². The van der Waals surface area contributed by atoms with Gasteiger partial charge in [-0.3, -0.25) is 28.3 Å². The van der Waals surface area contributed by atoms with Gasteiger partial charge in [0.15, 0.2) is 11.2 Å². The van der Waals surface area contributed by atoms with Gasteiger partial charge in [-0.15, -0.1) is 0 Å². The van der Waals surface area contributed by atoms with Crippen LogP contribution >= 0.6 is 0 Å². The smallest absolute Gasteiger partial charge is 0.332 e. The molecule has 0 aliphatic carbocycles. The maximum Gasteiger partial charge on any atom is 0.332 e.